The van der Waals surface area contributed by atoms with Crippen LogP contribution in [0.2, 0.25) is 5.15 Å². The van der Waals surface area contributed by atoms with E-state index in [1.54, 1.807) is 12.1 Å². The van der Waals surface area contributed by atoms with Crippen LogP contribution in [0, 0.1) is 0 Å². The fourth-order valence-electron chi connectivity index (χ4n) is 1.49. The Morgan fingerprint density at radius 2 is 2.28 bits per heavy atom. The molecule has 2 aromatic rings. The summed E-state index contributed by atoms with van der Waals surface area (Å²) in [4.78, 5) is 6.52. The number of aliphatic hydroxyl groups excluding tert-OH is 2. The summed E-state index contributed by atoms with van der Waals surface area (Å²) < 4.78 is 1.33. The molecule has 0 bridgehead atoms. The average molecular weight is 269 g/mol. The van der Waals surface area contributed by atoms with Gasteiger partial charge in [0, 0.05) is 4.91 Å². The lowest BCUT2D eigenvalue weighted by Gasteiger charge is -2.14. The predicted molar refractivity (Wildman–Crippen MR) is 63.0 cm³/mol. The molecule has 0 amide bonds. The summed E-state index contributed by atoms with van der Waals surface area (Å²) in [7, 11) is 0. The molecule has 2 atom stereocenters. The van der Waals surface area contributed by atoms with E-state index in [9.17, 15) is 10.2 Å². The van der Waals surface area contributed by atoms with Gasteiger partial charge in [-0.1, -0.05) is 16.7 Å². The molecule has 0 radical (unpaired) electrons. The van der Waals surface area contributed by atoms with Crippen LogP contribution in [0.25, 0.3) is 16.1 Å². The fourth-order valence-corrected chi connectivity index (χ4v) is 1.63. The van der Waals surface area contributed by atoms with Gasteiger partial charge < -0.3 is 10.2 Å². The number of hydrogen-bond donors (Lipinski definition) is 2. The summed E-state index contributed by atoms with van der Waals surface area (Å²) in [5, 5.41) is 26.9. The molecule has 0 aromatic carbocycles. The van der Waals surface area contributed by atoms with Crippen LogP contribution in [0.3, 0.4) is 0 Å². The van der Waals surface area contributed by atoms with E-state index in [0.29, 0.717) is 5.65 Å². The van der Waals surface area contributed by atoms with Gasteiger partial charge in [-0.15, -0.1) is 0 Å². The molecule has 0 saturated carbocycles. The fraction of sp³-hybridized carbons (Fsp3) is 0.333. The number of imidazole rings is 1. The summed E-state index contributed by atoms with van der Waals surface area (Å²) in [5.74, 6) is 0. The molecule has 2 aromatic heterocycles. The van der Waals surface area contributed by atoms with Crippen LogP contribution in [0.5, 0.6) is 0 Å². The Kier molecular flexibility index (Phi) is 3.63. The van der Waals surface area contributed by atoms with Gasteiger partial charge >= 0.3 is 0 Å². The number of nitrogens with zero attached hydrogens (tertiary/aromatic N) is 6. The number of azide groups is 1. The van der Waals surface area contributed by atoms with Gasteiger partial charge in [0.05, 0.1) is 24.5 Å². The van der Waals surface area contributed by atoms with E-state index < -0.39 is 12.2 Å². The molecule has 94 valence electrons. The summed E-state index contributed by atoms with van der Waals surface area (Å²) in [6, 6.07) is 3.20. The third-order valence-corrected chi connectivity index (χ3v) is 2.56. The van der Waals surface area contributed by atoms with Gasteiger partial charge in [0.1, 0.15) is 11.3 Å². The Morgan fingerprint density at radius 3 is 3.00 bits per heavy atom. The van der Waals surface area contributed by atoms with E-state index in [1.807, 2.05) is 0 Å². The highest BCUT2D eigenvalue weighted by atomic mass is 35.5. The minimum absolute atomic E-state index is 0.235. The van der Waals surface area contributed by atoms with Crippen molar-refractivity contribution in [2.45, 2.75) is 12.2 Å². The molecule has 2 heterocycles. The summed E-state index contributed by atoms with van der Waals surface area (Å²) in [6.45, 7) is -0.245. The van der Waals surface area contributed by atoms with E-state index in [2.05, 4.69) is 20.1 Å². The maximum absolute atomic E-state index is 9.92. The molecule has 2 rings (SSSR count). The third kappa shape index (κ3) is 2.36. The Morgan fingerprint density at radius 1 is 1.50 bits per heavy atom. The molecule has 8 nitrogen and oxygen atoms in total. The lowest BCUT2D eigenvalue weighted by atomic mass is 10.1. The van der Waals surface area contributed by atoms with Gasteiger partial charge in [0.15, 0.2) is 5.65 Å². The number of aromatic nitrogens is 3. The lowest BCUT2D eigenvalue weighted by molar-refractivity contribution is 0.0207. The van der Waals surface area contributed by atoms with Crippen molar-refractivity contribution in [3.05, 3.63) is 39.6 Å². The summed E-state index contributed by atoms with van der Waals surface area (Å²) >= 11 is 5.75. The third-order valence-electron chi connectivity index (χ3n) is 2.36. The molecule has 0 aliphatic rings. The molecule has 0 aliphatic heterocycles. The topological polar surface area (TPSA) is 119 Å². The second-order valence-corrected chi connectivity index (χ2v) is 3.92. The van der Waals surface area contributed by atoms with Crippen molar-refractivity contribution in [2.75, 3.05) is 6.54 Å². The van der Waals surface area contributed by atoms with Crippen LogP contribution < -0.4 is 0 Å². The number of aliphatic hydroxyl groups is 2. The Bertz CT molecular complexity index is 608. The van der Waals surface area contributed by atoms with Crippen LogP contribution >= 0.6 is 11.6 Å². The number of fused-ring (bicyclic) bond motifs is 1. The number of rotatable bonds is 4. The van der Waals surface area contributed by atoms with Crippen molar-refractivity contribution in [1.29, 1.82) is 0 Å². The first kappa shape index (κ1) is 12.6. The highest BCUT2D eigenvalue weighted by molar-refractivity contribution is 6.29. The highest BCUT2D eigenvalue weighted by Gasteiger charge is 2.22. The molecule has 0 aliphatic carbocycles. The first-order valence-electron chi connectivity index (χ1n) is 5.00. The van der Waals surface area contributed by atoms with Crippen LogP contribution in [0.1, 0.15) is 11.8 Å². The van der Waals surface area contributed by atoms with E-state index in [-0.39, 0.29) is 17.4 Å². The molecular formula is C9H9ClN6O2. The van der Waals surface area contributed by atoms with Crippen molar-refractivity contribution in [3.63, 3.8) is 0 Å². The van der Waals surface area contributed by atoms with Gasteiger partial charge in [-0.3, -0.25) is 0 Å². The largest absolute Gasteiger partial charge is 0.390 e. The van der Waals surface area contributed by atoms with Crippen molar-refractivity contribution in [2.24, 2.45) is 5.11 Å². The zero-order chi connectivity index (χ0) is 13.1. The SMILES string of the molecule is [N-]=[N+]=NCC(O)C(O)c1cnc2ccc(Cl)nn12. The Balaban J connectivity index is 2.35. The monoisotopic (exact) mass is 268 g/mol. The highest BCUT2D eigenvalue weighted by Crippen LogP contribution is 2.19. The van der Waals surface area contributed by atoms with E-state index in [0.717, 1.165) is 0 Å². The van der Waals surface area contributed by atoms with Crippen LogP contribution in [-0.4, -0.2) is 37.5 Å². The second-order valence-electron chi connectivity index (χ2n) is 3.53. The average Bonchev–Trinajstić information content (AvgIpc) is 2.77. The van der Waals surface area contributed by atoms with Crippen LogP contribution in [-0.2, 0) is 0 Å². The molecule has 2 unspecified atom stereocenters. The normalized spacial score (nSPS) is 14.2. The van der Waals surface area contributed by atoms with Crippen molar-refractivity contribution >= 4 is 17.2 Å². The molecule has 0 spiro atoms. The van der Waals surface area contributed by atoms with E-state index >= 15 is 0 Å². The van der Waals surface area contributed by atoms with Gasteiger partial charge in [-0.25, -0.2) is 9.50 Å². The predicted octanol–water partition coefficient (Wildman–Crippen LogP) is 1.09. The molecular weight excluding hydrogens is 260 g/mol. The van der Waals surface area contributed by atoms with Crippen molar-refractivity contribution in [3.8, 4) is 0 Å². The van der Waals surface area contributed by atoms with E-state index in [4.69, 9.17) is 17.1 Å². The smallest absolute Gasteiger partial charge is 0.153 e. The van der Waals surface area contributed by atoms with Crippen molar-refractivity contribution < 1.29 is 10.2 Å². The Hall–Kier alpha value is -1.86. The van der Waals surface area contributed by atoms with Gasteiger partial charge in [0.25, 0.3) is 0 Å². The zero-order valence-corrected chi connectivity index (χ0v) is 9.81. The van der Waals surface area contributed by atoms with Gasteiger partial charge in [0.2, 0.25) is 0 Å². The molecule has 2 N–H and O–H groups in total. The van der Waals surface area contributed by atoms with E-state index in [1.165, 1.54) is 10.7 Å². The van der Waals surface area contributed by atoms with Crippen molar-refractivity contribution in [1.82, 2.24) is 14.6 Å². The number of hydrogen-bond acceptors (Lipinski definition) is 5. The lowest BCUT2D eigenvalue weighted by Crippen LogP contribution is -2.22. The van der Waals surface area contributed by atoms with Gasteiger partial charge in [-0.05, 0) is 17.7 Å². The summed E-state index contributed by atoms with van der Waals surface area (Å²) in [5.41, 5.74) is 8.92. The zero-order valence-electron chi connectivity index (χ0n) is 9.05. The second kappa shape index (κ2) is 5.19. The minimum atomic E-state index is -1.27. The quantitative estimate of drug-likeness (QED) is 0.490. The molecule has 0 fully saturated rings. The maximum Gasteiger partial charge on any atom is 0.153 e. The molecule has 0 saturated heterocycles. The number of halogens is 1. The van der Waals surface area contributed by atoms with Gasteiger partial charge in [-0.2, -0.15) is 5.10 Å². The van der Waals surface area contributed by atoms with Crippen LogP contribution in [0.4, 0.5) is 0 Å². The Labute approximate surface area is 106 Å². The maximum atomic E-state index is 9.92. The standard InChI is InChI=1S/C9H9ClN6O2/c10-7-1-2-8-12-3-5(16(8)14-7)9(18)6(17)4-13-15-11/h1-3,6,9,17-18H,4H2. The summed E-state index contributed by atoms with van der Waals surface area (Å²) in [6.07, 6.45) is -1.12. The minimum Gasteiger partial charge on any atom is -0.390 e. The first-order valence-corrected chi connectivity index (χ1v) is 5.38. The molecule has 18 heavy (non-hydrogen) atoms. The van der Waals surface area contributed by atoms with Crippen LogP contribution in [0.15, 0.2) is 23.4 Å². The first-order chi connectivity index (χ1) is 8.63. The molecule has 9 heteroatoms.